The lowest BCUT2D eigenvalue weighted by Gasteiger charge is -2.21. The number of rotatable bonds is 5. The molecule has 2 nitrogen and oxygen atoms in total. The Morgan fingerprint density at radius 3 is 1.40 bits per heavy atom. The lowest BCUT2D eigenvalue weighted by molar-refractivity contribution is 0.592. The second-order valence-corrected chi connectivity index (χ2v) is 17.0. The molecule has 0 fully saturated rings. The molecule has 10 aromatic carbocycles. The molecule has 3 heteroatoms. The van der Waals surface area contributed by atoms with E-state index in [4.69, 9.17) is 4.42 Å². The van der Waals surface area contributed by atoms with Crippen molar-refractivity contribution < 1.29 is 8.98 Å². The maximum absolute atomic E-state index is 15.2. The van der Waals surface area contributed by atoms with Crippen molar-refractivity contribution in [2.45, 2.75) is 0 Å². The molecular formula is C52H33O2P. The van der Waals surface area contributed by atoms with Crippen LogP contribution in [0.5, 0.6) is 0 Å². The quantitative estimate of drug-likeness (QED) is 0.131. The van der Waals surface area contributed by atoms with Gasteiger partial charge in [-0.05, 0) is 77.5 Å². The van der Waals surface area contributed by atoms with Crippen LogP contribution < -0.4 is 15.9 Å². The molecule has 258 valence electrons. The van der Waals surface area contributed by atoms with E-state index >= 15 is 4.57 Å². The fourth-order valence-electron chi connectivity index (χ4n) is 8.90. The van der Waals surface area contributed by atoms with E-state index < -0.39 is 7.14 Å². The fraction of sp³-hybridized carbons (Fsp3) is 0. The monoisotopic (exact) mass is 720 g/mol. The van der Waals surface area contributed by atoms with Gasteiger partial charge in [0.15, 0.2) is 7.14 Å². The molecule has 0 unspecified atom stereocenters. The summed E-state index contributed by atoms with van der Waals surface area (Å²) in [4.78, 5) is 0. The van der Waals surface area contributed by atoms with E-state index in [1.54, 1.807) is 0 Å². The minimum absolute atomic E-state index is 0.817. The highest BCUT2D eigenvalue weighted by Crippen LogP contribution is 2.49. The van der Waals surface area contributed by atoms with E-state index in [9.17, 15) is 0 Å². The van der Waals surface area contributed by atoms with Crippen LogP contribution >= 0.6 is 7.14 Å². The minimum Gasteiger partial charge on any atom is -0.456 e. The molecule has 0 bridgehead atoms. The number of fused-ring (bicyclic) bond motifs is 9. The molecule has 1 heterocycles. The number of furan rings is 1. The number of hydrogen-bond donors (Lipinski definition) is 0. The van der Waals surface area contributed by atoms with Crippen molar-refractivity contribution in [1.29, 1.82) is 0 Å². The first-order valence-corrected chi connectivity index (χ1v) is 20.4. The van der Waals surface area contributed by atoms with Crippen LogP contribution in [0.2, 0.25) is 0 Å². The standard InChI is InChI=1S/C52H33O2P/c53-55(36-16-3-1-4-17-36,37-18-5-2-6-19-37)38-30-27-35(28-31-38)49-42-23-11-13-25-44(42)50(45-26-14-12-24-43(45)49)46-33-48-52(41-22-10-9-21-40(41)46)51-39-20-8-7-15-34(39)29-32-47(51)54-48/h1-33H. The summed E-state index contributed by atoms with van der Waals surface area (Å²) in [6.45, 7) is 0. The fourth-order valence-corrected chi connectivity index (χ4v) is 11.5. The third-order valence-electron chi connectivity index (χ3n) is 11.3. The Kier molecular flexibility index (Phi) is 7.17. The van der Waals surface area contributed by atoms with Crippen LogP contribution in [0, 0.1) is 0 Å². The highest BCUT2D eigenvalue weighted by atomic mass is 31.2. The van der Waals surface area contributed by atoms with Gasteiger partial charge in [-0.3, -0.25) is 0 Å². The second kappa shape index (κ2) is 12.4. The van der Waals surface area contributed by atoms with Gasteiger partial charge < -0.3 is 8.98 Å². The molecule has 0 spiro atoms. The molecule has 55 heavy (non-hydrogen) atoms. The van der Waals surface area contributed by atoms with Gasteiger partial charge in [0, 0.05) is 26.7 Å². The first kappa shape index (κ1) is 31.8. The van der Waals surface area contributed by atoms with Crippen molar-refractivity contribution in [2.24, 2.45) is 0 Å². The van der Waals surface area contributed by atoms with Gasteiger partial charge >= 0.3 is 0 Å². The summed E-state index contributed by atoms with van der Waals surface area (Å²) in [5.74, 6) is 0. The summed E-state index contributed by atoms with van der Waals surface area (Å²) in [5.41, 5.74) is 6.36. The summed E-state index contributed by atoms with van der Waals surface area (Å²) in [7, 11) is -3.11. The van der Waals surface area contributed by atoms with Crippen LogP contribution in [0.15, 0.2) is 205 Å². The molecule has 0 N–H and O–H groups in total. The molecule has 0 aliphatic carbocycles. The van der Waals surface area contributed by atoms with E-state index in [-0.39, 0.29) is 0 Å². The topological polar surface area (TPSA) is 30.2 Å². The molecule has 0 saturated heterocycles. The van der Waals surface area contributed by atoms with Crippen LogP contribution in [-0.4, -0.2) is 0 Å². The van der Waals surface area contributed by atoms with Gasteiger partial charge in [-0.1, -0.05) is 188 Å². The van der Waals surface area contributed by atoms with Crippen molar-refractivity contribution in [3.05, 3.63) is 200 Å². The molecule has 0 saturated carbocycles. The molecule has 0 aliphatic heterocycles. The molecule has 11 aromatic rings. The summed E-state index contributed by atoms with van der Waals surface area (Å²) in [6, 6.07) is 69.6. The van der Waals surface area contributed by atoms with Gasteiger partial charge in [-0.15, -0.1) is 0 Å². The van der Waals surface area contributed by atoms with Crippen LogP contribution in [0.4, 0.5) is 0 Å². The average Bonchev–Trinajstić information content (AvgIpc) is 3.65. The Morgan fingerprint density at radius 1 is 0.345 bits per heavy atom. The largest absolute Gasteiger partial charge is 0.456 e. The summed E-state index contributed by atoms with van der Waals surface area (Å²) in [5, 5.41) is 14.2. The summed E-state index contributed by atoms with van der Waals surface area (Å²) in [6.07, 6.45) is 0. The van der Waals surface area contributed by atoms with E-state index in [1.165, 1.54) is 37.9 Å². The lowest BCUT2D eigenvalue weighted by atomic mass is 9.84. The Hall–Kier alpha value is -6.73. The Labute approximate surface area is 318 Å². The molecule has 0 atom stereocenters. The predicted octanol–water partition coefficient (Wildman–Crippen LogP) is 13.2. The van der Waals surface area contributed by atoms with Gasteiger partial charge in [0.25, 0.3) is 0 Å². The van der Waals surface area contributed by atoms with E-state index in [1.807, 2.05) is 60.7 Å². The highest BCUT2D eigenvalue weighted by Gasteiger charge is 2.30. The first-order valence-electron chi connectivity index (χ1n) is 18.7. The predicted molar refractivity (Wildman–Crippen MR) is 234 cm³/mol. The third kappa shape index (κ3) is 4.79. The van der Waals surface area contributed by atoms with Gasteiger partial charge in [0.2, 0.25) is 0 Å². The second-order valence-electron chi connectivity index (χ2n) is 14.3. The van der Waals surface area contributed by atoms with Gasteiger partial charge in [0.05, 0.1) is 0 Å². The van der Waals surface area contributed by atoms with Crippen molar-refractivity contribution in [3.8, 4) is 22.3 Å². The minimum atomic E-state index is -3.11. The van der Waals surface area contributed by atoms with E-state index in [2.05, 4.69) is 140 Å². The zero-order chi connectivity index (χ0) is 36.5. The first-order chi connectivity index (χ1) is 27.2. The van der Waals surface area contributed by atoms with Crippen LogP contribution in [0.3, 0.4) is 0 Å². The number of hydrogen-bond acceptors (Lipinski definition) is 2. The molecule has 0 amide bonds. The van der Waals surface area contributed by atoms with Crippen molar-refractivity contribution in [1.82, 2.24) is 0 Å². The van der Waals surface area contributed by atoms with Gasteiger partial charge in [-0.2, -0.15) is 0 Å². The molecule has 11 rings (SSSR count). The Balaban J connectivity index is 1.16. The zero-order valence-corrected chi connectivity index (χ0v) is 30.7. The van der Waals surface area contributed by atoms with E-state index in [0.29, 0.717) is 0 Å². The third-order valence-corrected chi connectivity index (χ3v) is 14.4. The SMILES string of the molecule is O=P(c1ccccc1)(c1ccccc1)c1ccc(-c2c3ccccc3c(-c3cc4oc5ccc6ccccc6c5c4c4ccccc34)c3ccccc23)cc1. The maximum Gasteiger partial charge on any atom is 0.171 e. The molecular weight excluding hydrogens is 688 g/mol. The summed E-state index contributed by atoms with van der Waals surface area (Å²) >= 11 is 0. The molecule has 1 aromatic heterocycles. The highest BCUT2D eigenvalue weighted by molar-refractivity contribution is 7.85. The van der Waals surface area contributed by atoms with Gasteiger partial charge in [0.1, 0.15) is 11.2 Å². The molecule has 0 radical (unpaired) electrons. The van der Waals surface area contributed by atoms with E-state index in [0.717, 1.165) is 65.3 Å². The molecule has 0 aliphatic rings. The van der Waals surface area contributed by atoms with Crippen molar-refractivity contribution >= 4 is 88.1 Å². The average molecular weight is 721 g/mol. The van der Waals surface area contributed by atoms with Crippen molar-refractivity contribution in [2.75, 3.05) is 0 Å². The Bertz CT molecular complexity index is 3230. The van der Waals surface area contributed by atoms with Gasteiger partial charge in [-0.25, -0.2) is 0 Å². The zero-order valence-electron chi connectivity index (χ0n) is 29.8. The maximum atomic E-state index is 15.2. The van der Waals surface area contributed by atoms with Crippen LogP contribution in [0.25, 0.3) is 87.3 Å². The normalized spacial score (nSPS) is 12.1. The van der Waals surface area contributed by atoms with Crippen LogP contribution in [-0.2, 0) is 4.57 Å². The lowest BCUT2D eigenvalue weighted by Crippen LogP contribution is -2.24. The Morgan fingerprint density at radius 2 is 0.800 bits per heavy atom. The van der Waals surface area contributed by atoms with Crippen LogP contribution in [0.1, 0.15) is 0 Å². The summed E-state index contributed by atoms with van der Waals surface area (Å²) < 4.78 is 21.9. The smallest absolute Gasteiger partial charge is 0.171 e. The number of benzene rings is 10. The van der Waals surface area contributed by atoms with Crippen molar-refractivity contribution in [3.63, 3.8) is 0 Å².